The molecule has 0 fully saturated rings. The quantitative estimate of drug-likeness (QED) is 0.582. The van der Waals surface area contributed by atoms with E-state index in [9.17, 15) is 9.59 Å². The highest BCUT2D eigenvalue weighted by molar-refractivity contribution is 7.10. The summed E-state index contributed by atoms with van der Waals surface area (Å²) in [6.45, 7) is 0.106. The summed E-state index contributed by atoms with van der Waals surface area (Å²) in [6.07, 6.45) is 0.405. The van der Waals surface area contributed by atoms with Crippen LogP contribution in [0.5, 0.6) is 5.75 Å². The van der Waals surface area contributed by atoms with Gasteiger partial charge in [-0.25, -0.2) is 4.98 Å². The lowest BCUT2D eigenvalue weighted by molar-refractivity contribution is -0.144. The topological polar surface area (TPSA) is 77.5 Å². The molecule has 0 saturated heterocycles. The third kappa shape index (κ3) is 5.63. The summed E-state index contributed by atoms with van der Waals surface area (Å²) in [5.41, 5.74) is 1.25. The molecule has 0 unspecified atom stereocenters. The zero-order valence-corrected chi connectivity index (χ0v) is 16.3. The number of anilines is 1. The Labute approximate surface area is 164 Å². The molecule has 0 atom stereocenters. The number of methoxy groups -OCH3 is 1. The van der Waals surface area contributed by atoms with Crippen molar-refractivity contribution in [2.45, 2.75) is 19.4 Å². The van der Waals surface area contributed by atoms with Crippen LogP contribution in [0.4, 0.5) is 5.69 Å². The zero-order chi connectivity index (χ0) is 19.1. The number of carbonyl (C=O) groups excluding carboxylic acids is 2. The Morgan fingerprint density at radius 1 is 1.11 bits per heavy atom. The molecule has 0 spiro atoms. The lowest BCUT2D eigenvalue weighted by Crippen LogP contribution is -2.15. The van der Waals surface area contributed by atoms with Crippen LogP contribution in [-0.2, 0) is 33.8 Å². The van der Waals surface area contributed by atoms with Gasteiger partial charge in [0.25, 0.3) is 0 Å². The molecular weight excluding hydrogens is 384 g/mol. The Morgan fingerprint density at radius 2 is 1.96 bits per heavy atom. The molecule has 140 valence electrons. The van der Waals surface area contributed by atoms with Gasteiger partial charge in [0.15, 0.2) is 0 Å². The highest BCUT2D eigenvalue weighted by atomic mass is 32.1. The number of rotatable bonds is 8. The molecule has 3 aromatic rings. The highest BCUT2D eigenvalue weighted by Crippen LogP contribution is 2.23. The SMILES string of the molecule is COc1ccccc1NC(=O)Cc1nc(COC(=O)Cc2cccs2)cs1. The fraction of sp³-hybridized carbons (Fsp3) is 0.211. The first kappa shape index (κ1) is 19.1. The van der Waals surface area contributed by atoms with Crippen LogP contribution in [0, 0.1) is 0 Å². The molecule has 3 rings (SSSR count). The number of carbonyl (C=O) groups is 2. The van der Waals surface area contributed by atoms with Crippen molar-refractivity contribution in [3.63, 3.8) is 0 Å². The minimum Gasteiger partial charge on any atom is -0.495 e. The minimum absolute atomic E-state index is 0.106. The van der Waals surface area contributed by atoms with Gasteiger partial charge in [0, 0.05) is 10.3 Å². The predicted octanol–water partition coefficient (Wildman–Crippen LogP) is 3.68. The maximum Gasteiger partial charge on any atom is 0.311 e. The van der Waals surface area contributed by atoms with Crippen LogP contribution < -0.4 is 10.1 Å². The van der Waals surface area contributed by atoms with Gasteiger partial charge in [0.05, 0.1) is 31.3 Å². The van der Waals surface area contributed by atoms with Crippen molar-refractivity contribution in [3.05, 3.63) is 62.7 Å². The van der Waals surface area contributed by atoms with Gasteiger partial charge in [-0.3, -0.25) is 9.59 Å². The number of hydrogen-bond acceptors (Lipinski definition) is 7. The summed E-state index contributed by atoms with van der Waals surface area (Å²) < 4.78 is 10.5. The van der Waals surface area contributed by atoms with Crippen molar-refractivity contribution in [3.8, 4) is 5.75 Å². The molecule has 1 N–H and O–H groups in total. The molecule has 0 radical (unpaired) electrons. The normalized spacial score (nSPS) is 10.4. The van der Waals surface area contributed by atoms with Crippen LogP contribution in [-0.4, -0.2) is 24.0 Å². The van der Waals surface area contributed by atoms with Gasteiger partial charge in [-0.05, 0) is 23.6 Å². The molecule has 27 heavy (non-hydrogen) atoms. The zero-order valence-electron chi connectivity index (χ0n) is 14.6. The van der Waals surface area contributed by atoms with Crippen LogP contribution in [0.25, 0.3) is 0 Å². The van der Waals surface area contributed by atoms with Gasteiger partial charge in [-0.2, -0.15) is 0 Å². The number of para-hydroxylation sites is 2. The minimum atomic E-state index is -0.291. The molecule has 1 amide bonds. The number of thiazole rings is 1. The van der Waals surface area contributed by atoms with Gasteiger partial charge in [0.1, 0.15) is 17.4 Å². The number of hydrogen-bond donors (Lipinski definition) is 1. The lowest BCUT2D eigenvalue weighted by atomic mass is 10.3. The third-order valence-corrected chi connectivity index (χ3v) is 5.35. The fourth-order valence-electron chi connectivity index (χ4n) is 2.34. The van der Waals surface area contributed by atoms with E-state index in [1.165, 1.54) is 22.7 Å². The Bertz CT molecular complexity index is 906. The second-order valence-corrected chi connectivity index (χ2v) is 7.55. The molecule has 8 heteroatoms. The highest BCUT2D eigenvalue weighted by Gasteiger charge is 2.12. The van der Waals surface area contributed by atoms with Gasteiger partial charge >= 0.3 is 5.97 Å². The number of nitrogens with zero attached hydrogens (tertiary/aromatic N) is 1. The summed E-state index contributed by atoms with van der Waals surface area (Å²) in [4.78, 5) is 29.4. The molecule has 2 heterocycles. The van der Waals surface area contributed by atoms with Crippen LogP contribution in [0.2, 0.25) is 0 Å². The summed E-state index contributed by atoms with van der Waals surface area (Å²) in [5.74, 6) is 0.124. The number of amides is 1. The summed E-state index contributed by atoms with van der Waals surface area (Å²) in [7, 11) is 1.55. The second kappa shape index (κ2) is 9.29. The number of nitrogens with one attached hydrogen (secondary N) is 1. The first-order chi connectivity index (χ1) is 13.1. The van der Waals surface area contributed by atoms with E-state index in [1.807, 2.05) is 29.6 Å². The Balaban J connectivity index is 1.48. The number of thiophene rings is 1. The molecule has 0 aliphatic carbocycles. The van der Waals surface area contributed by atoms with Gasteiger partial charge in [-0.15, -0.1) is 22.7 Å². The molecule has 0 bridgehead atoms. The lowest BCUT2D eigenvalue weighted by Gasteiger charge is -2.08. The third-order valence-electron chi connectivity index (χ3n) is 3.57. The largest absolute Gasteiger partial charge is 0.495 e. The van der Waals surface area contributed by atoms with Crippen molar-refractivity contribution in [2.24, 2.45) is 0 Å². The number of esters is 1. The van der Waals surface area contributed by atoms with E-state index in [2.05, 4.69) is 10.3 Å². The number of ether oxygens (including phenoxy) is 2. The van der Waals surface area contributed by atoms with Crippen LogP contribution in [0.3, 0.4) is 0 Å². The molecule has 0 aliphatic heterocycles. The summed E-state index contributed by atoms with van der Waals surface area (Å²) >= 11 is 2.88. The summed E-state index contributed by atoms with van der Waals surface area (Å²) in [5, 5.41) is 7.19. The molecule has 0 saturated carbocycles. The van der Waals surface area contributed by atoms with Gasteiger partial charge in [0.2, 0.25) is 5.91 Å². The maximum atomic E-state index is 12.2. The van der Waals surface area contributed by atoms with Crippen molar-refractivity contribution in [2.75, 3.05) is 12.4 Å². The average Bonchev–Trinajstić information content (AvgIpc) is 3.32. The standard InChI is InChI=1S/C19H18N2O4S2/c1-24-16-7-3-2-6-15(16)21-17(22)10-18-20-13(12-27-18)11-25-19(23)9-14-5-4-8-26-14/h2-8,12H,9-11H2,1H3,(H,21,22). The molecule has 6 nitrogen and oxygen atoms in total. The first-order valence-corrected chi connectivity index (χ1v) is 9.94. The predicted molar refractivity (Wildman–Crippen MR) is 105 cm³/mol. The van der Waals surface area contributed by atoms with E-state index in [1.54, 1.807) is 24.6 Å². The van der Waals surface area contributed by atoms with E-state index in [0.29, 0.717) is 22.1 Å². The summed E-state index contributed by atoms with van der Waals surface area (Å²) in [6, 6.07) is 11.0. The van der Waals surface area contributed by atoms with E-state index < -0.39 is 0 Å². The van der Waals surface area contributed by atoms with Crippen LogP contribution in [0.1, 0.15) is 15.6 Å². The van der Waals surface area contributed by atoms with E-state index in [0.717, 1.165) is 4.88 Å². The van der Waals surface area contributed by atoms with Crippen LogP contribution in [0.15, 0.2) is 47.2 Å². The van der Waals surface area contributed by atoms with E-state index in [4.69, 9.17) is 9.47 Å². The van der Waals surface area contributed by atoms with E-state index in [-0.39, 0.29) is 31.3 Å². The Hall–Kier alpha value is -2.71. The van der Waals surface area contributed by atoms with Crippen molar-refractivity contribution >= 4 is 40.2 Å². The van der Waals surface area contributed by atoms with Crippen molar-refractivity contribution in [1.82, 2.24) is 4.98 Å². The average molecular weight is 402 g/mol. The van der Waals surface area contributed by atoms with Crippen LogP contribution >= 0.6 is 22.7 Å². The number of benzene rings is 1. The Kier molecular flexibility index (Phi) is 6.56. The Morgan fingerprint density at radius 3 is 2.74 bits per heavy atom. The molecule has 2 aromatic heterocycles. The van der Waals surface area contributed by atoms with E-state index >= 15 is 0 Å². The van der Waals surface area contributed by atoms with Gasteiger partial charge < -0.3 is 14.8 Å². The maximum absolute atomic E-state index is 12.2. The van der Waals surface area contributed by atoms with Crippen molar-refractivity contribution in [1.29, 1.82) is 0 Å². The number of aromatic nitrogens is 1. The van der Waals surface area contributed by atoms with Gasteiger partial charge in [-0.1, -0.05) is 18.2 Å². The second-order valence-electron chi connectivity index (χ2n) is 5.57. The molecule has 0 aliphatic rings. The molecule has 1 aromatic carbocycles. The van der Waals surface area contributed by atoms with Crippen molar-refractivity contribution < 1.29 is 19.1 Å². The molecular formula is C19H18N2O4S2. The fourth-order valence-corrected chi connectivity index (χ4v) is 3.80. The smallest absolute Gasteiger partial charge is 0.311 e. The monoisotopic (exact) mass is 402 g/mol. The first-order valence-electron chi connectivity index (χ1n) is 8.18.